The molecule has 0 saturated carbocycles. The molecular weight excluding hydrogens is 256 g/mol. The Balaban J connectivity index is 2.38. The first-order chi connectivity index (χ1) is 9.38. The highest BCUT2D eigenvalue weighted by Gasteiger charge is 2.26. The van der Waals surface area contributed by atoms with Gasteiger partial charge in [-0.05, 0) is 32.6 Å². The van der Waals surface area contributed by atoms with Gasteiger partial charge >= 0.3 is 0 Å². The Morgan fingerprint density at radius 1 is 1.45 bits per heavy atom. The van der Waals surface area contributed by atoms with Gasteiger partial charge in [0.1, 0.15) is 17.5 Å². The molecule has 1 unspecified atom stereocenters. The summed E-state index contributed by atoms with van der Waals surface area (Å²) in [5.74, 6) is 0.189. The van der Waals surface area contributed by atoms with E-state index in [0.717, 1.165) is 0 Å². The van der Waals surface area contributed by atoms with E-state index in [2.05, 4.69) is 15.2 Å². The van der Waals surface area contributed by atoms with Gasteiger partial charge in [-0.3, -0.25) is 5.41 Å². The summed E-state index contributed by atoms with van der Waals surface area (Å²) >= 11 is 0. The summed E-state index contributed by atoms with van der Waals surface area (Å²) in [6.07, 6.45) is 0. The van der Waals surface area contributed by atoms with E-state index in [0.29, 0.717) is 29.2 Å². The van der Waals surface area contributed by atoms with Crippen molar-refractivity contribution in [2.24, 2.45) is 15.2 Å². The Hall–Kier alpha value is -2.28. The van der Waals surface area contributed by atoms with Gasteiger partial charge in [-0.1, -0.05) is 0 Å². The fourth-order valence-electron chi connectivity index (χ4n) is 1.91. The number of nitrogens with two attached hydrogens (primary N) is 1. The van der Waals surface area contributed by atoms with Crippen molar-refractivity contribution in [3.63, 3.8) is 0 Å². The Kier molecular flexibility index (Phi) is 3.80. The lowest BCUT2D eigenvalue weighted by Crippen LogP contribution is -2.31. The van der Waals surface area contributed by atoms with E-state index >= 15 is 0 Å². The second-order valence-electron chi connectivity index (χ2n) is 5.04. The number of azo groups is 1. The zero-order valence-electron chi connectivity index (χ0n) is 11.8. The fraction of sp³-hybridized carbons (Fsp3) is 0.385. The molecule has 2 rings (SSSR count). The highest BCUT2D eigenvalue weighted by molar-refractivity contribution is 6.44. The number of aromatic hydroxyl groups is 1. The van der Waals surface area contributed by atoms with Gasteiger partial charge in [-0.2, -0.15) is 5.11 Å². The van der Waals surface area contributed by atoms with E-state index < -0.39 is 0 Å². The number of benzene rings is 1. The Labute approximate surface area is 117 Å². The van der Waals surface area contributed by atoms with Crippen molar-refractivity contribution >= 4 is 22.9 Å². The van der Waals surface area contributed by atoms with Crippen LogP contribution in [0, 0.1) is 12.3 Å². The van der Waals surface area contributed by atoms with Crippen molar-refractivity contribution in [1.82, 2.24) is 4.90 Å². The summed E-state index contributed by atoms with van der Waals surface area (Å²) in [5.41, 5.74) is 7.92. The van der Waals surface area contributed by atoms with Crippen molar-refractivity contribution in [2.45, 2.75) is 13.0 Å². The number of anilines is 1. The molecule has 0 bridgehead atoms. The number of rotatable bonds is 3. The molecule has 1 aromatic rings. The molecule has 0 radical (unpaired) electrons. The molecule has 0 saturated heterocycles. The van der Waals surface area contributed by atoms with Crippen molar-refractivity contribution in [2.75, 3.05) is 26.4 Å². The fourth-order valence-corrected chi connectivity index (χ4v) is 1.91. The molecule has 0 aromatic heterocycles. The molecule has 0 spiro atoms. The van der Waals surface area contributed by atoms with Crippen LogP contribution in [0.25, 0.3) is 0 Å². The number of hydrogen-bond acceptors (Lipinski definition) is 6. The van der Waals surface area contributed by atoms with Crippen molar-refractivity contribution < 1.29 is 5.11 Å². The van der Waals surface area contributed by atoms with Crippen LogP contribution in [-0.4, -0.2) is 48.2 Å². The third-order valence-corrected chi connectivity index (χ3v) is 2.98. The number of phenolic OH excluding ortho intramolecular Hbond substituents is 1. The van der Waals surface area contributed by atoms with Crippen LogP contribution in [-0.2, 0) is 0 Å². The average molecular weight is 274 g/mol. The molecule has 4 N–H and O–H groups in total. The van der Waals surface area contributed by atoms with E-state index in [4.69, 9.17) is 11.1 Å². The molecule has 0 aliphatic carbocycles. The molecule has 1 heterocycles. The molecule has 106 valence electrons. The number of aliphatic imine (C=N–C) groups is 1. The molecule has 0 amide bonds. The number of nitrogens with zero attached hydrogens (tertiary/aromatic N) is 4. The van der Waals surface area contributed by atoms with Crippen LogP contribution in [0.4, 0.5) is 11.4 Å². The largest absolute Gasteiger partial charge is 0.508 e. The zero-order chi connectivity index (χ0) is 14.9. The maximum absolute atomic E-state index is 9.59. The van der Waals surface area contributed by atoms with Crippen LogP contribution in [0.3, 0.4) is 0 Å². The first-order valence-corrected chi connectivity index (χ1v) is 6.20. The van der Waals surface area contributed by atoms with Crippen molar-refractivity contribution in [3.8, 4) is 5.75 Å². The number of nitrogens with one attached hydrogen (secondary N) is 1. The number of nitrogen functional groups attached to an aromatic ring is 1. The third kappa shape index (κ3) is 2.83. The minimum Gasteiger partial charge on any atom is -0.508 e. The molecule has 20 heavy (non-hydrogen) atoms. The highest BCUT2D eigenvalue weighted by Crippen LogP contribution is 2.30. The molecule has 7 heteroatoms. The first kappa shape index (κ1) is 14.1. The minimum absolute atomic E-state index is 0.0574. The van der Waals surface area contributed by atoms with E-state index in [1.54, 1.807) is 13.0 Å². The lowest BCUT2D eigenvalue weighted by Gasteiger charge is -2.13. The standard InChI is InChI=1S/C13H18N6O/c1-7-4-9(8(14)5-11(7)20)16-12-10(6-19(2)3)17-18-13(12)15/h4-5,10,15,20H,6,14H2,1-3H3. The van der Waals surface area contributed by atoms with Crippen LogP contribution in [0.2, 0.25) is 0 Å². The van der Waals surface area contributed by atoms with Gasteiger partial charge in [-0.15, -0.1) is 5.11 Å². The summed E-state index contributed by atoms with van der Waals surface area (Å²) in [6.45, 7) is 2.40. The zero-order valence-corrected chi connectivity index (χ0v) is 11.8. The van der Waals surface area contributed by atoms with Gasteiger partial charge in [0.2, 0.25) is 0 Å². The Morgan fingerprint density at radius 3 is 2.80 bits per heavy atom. The lowest BCUT2D eigenvalue weighted by molar-refractivity contribution is 0.402. The van der Waals surface area contributed by atoms with Crippen LogP contribution in [0.5, 0.6) is 5.75 Å². The maximum Gasteiger partial charge on any atom is 0.190 e. The summed E-state index contributed by atoms with van der Waals surface area (Å²) in [7, 11) is 3.85. The molecule has 1 atom stereocenters. The number of likely N-dealkylation sites (N-methyl/N-ethyl adjacent to an activating group) is 1. The number of aryl methyl sites for hydroxylation is 1. The van der Waals surface area contributed by atoms with Crippen molar-refractivity contribution in [1.29, 1.82) is 5.41 Å². The average Bonchev–Trinajstić information content (AvgIpc) is 2.67. The second-order valence-corrected chi connectivity index (χ2v) is 5.04. The summed E-state index contributed by atoms with van der Waals surface area (Å²) < 4.78 is 0. The third-order valence-electron chi connectivity index (χ3n) is 2.98. The van der Waals surface area contributed by atoms with Crippen LogP contribution in [0.15, 0.2) is 27.4 Å². The molecule has 1 aromatic carbocycles. The smallest absolute Gasteiger partial charge is 0.190 e. The topological polar surface area (TPSA) is 110 Å². The summed E-state index contributed by atoms with van der Waals surface area (Å²) in [6, 6.07) is 2.89. The first-order valence-electron chi connectivity index (χ1n) is 6.20. The van der Waals surface area contributed by atoms with Gasteiger partial charge in [0.25, 0.3) is 0 Å². The highest BCUT2D eigenvalue weighted by atomic mass is 16.3. The summed E-state index contributed by atoms with van der Waals surface area (Å²) in [4.78, 5) is 6.38. The van der Waals surface area contributed by atoms with E-state index in [9.17, 15) is 5.11 Å². The lowest BCUT2D eigenvalue weighted by atomic mass is 10.1. The van der Waals surface area contributed by atoms with Gasteiger partial charge in [-0.25, -0.2) is 4.99 Å². The van der Waals surface area contributed by atoms with E-state index in [1.165, 1.54) is 6.07 Å². The number of amidine groups is 1. The monoisotopic (exact) mass is 274 g/mol. The molecule has 0 fully saturated rings. The Bertz CT molecular complexity index is 605. The van der Waals surface area contributed by atoms with Gasteiger partial charge < -0.3 is 15.7 Å². The van der Waals surface area contributed by atoms with Gasteiger partial charge in [0.15, 0.2) is 5.84 Å². The quantitative estimate of drug-likeness (QED) is 0.730. The maximum atomic E-state index is 9.59. The second kappa shape index (κ2) is 5.38. The van der Waals surface area contributed by atoms with Crippen LogP contribution in [0.1, 0.15) is 5.56 Å². The predicted molar refractivity (Wildman–Crippen MR) is 79.3 cm³/mol. The SMILES string of the molecule is Cc1cc(N=C2C(=N)N=NC2CN(C)C)c(N)cc1O. The molecule has 1 aliphatic heterocycles. The molecule has 7 nitrogen and oxygen atoms in total. The predicted octanol–water partition coefficient (Wildman–Crippen LogP) is 1.73. The van der Waals surface area contributed by atoms with E-state index in [-0.39, 0.29) is 17.6 Å². The molecule has 1 aliphatic rings. The van der Waals surface area contributed by atoms with Crippen LogP contribution >= 0.6 is 0 Å². The molecular formula is C13H18N6O. The number of hydrogen-bond donors (Lipinski definition) is 3. The van der Waals surface area contributed by atoms with Crippen molar-refractivity contribution in [3.05, 3.63) is 17.7 Å². The normalized spacial score (nSPS) is 20.3. The van der Waals surface area contributed by atoms with Crippen LogP contribution < -0.4 is 5.73 Å². The minimum atomic E-state index is -0.258. The Morgan fingerprint density at radius 2 is 2.15 bits per heavy atom. The van der Waals surface area contributed by atoms with E-state index in [1.807, 2.05) is 19.0 Å². The van der Waals surface area contributed by atoms with Gasteiger partial charge in [0, 0.05) is 12.6 Å². The van der Waals surface area contributed by atoms with Gasteiger partial charge in [0.05, 0.1) is 11.4 Å². The summed E-state index contributed by atoms with van der Waals surface area (Å²) in [5, 5.41) is 25.2. The number of phenols is 1.